The maximum atomic E-state index is 12.4. The molecule has 3 rings (SSSR count). The Hall–Kier alpha value is -3.39. The second-order valence-electron chi connectivity index (χ2n) is 6.60. The standard InChI is InChI=1S/C22H23N3O4S/c1-13(16-12-30-22-15(16)5-4-6-17(22)23)24-25-21(27)10-8-18(26)14-7-9-19(28-2)20(11-14)29-3/h4-7,9,11-12H,8,10,23H2,1-3H3,(H,25,27)/b24-13+. The van der Waals surface area contributed by atoms with E-state index in [2.05, 4.69) is 10.5 Å². The highest BCUT2D eigenvalue weighted by Crippen LogP contribution is 2.31. The van der Waals surface area contributed by atoms with Crippen LogP contribution in [0.5, 0.6) is 11.5 Å². The highest BCUT2D eigenvalue weighted by molar-refractivity contribution is 7.18. The lowest BCUT2D eigenvalue weighted by atomic mass is 10.1. The molecule has 0 aliphatic rings. The van der Waals surface area contributed by atoms with Crippen LogP contribution in [0.2, 0.25) is 0 Å². The summed E-state index contributed by atoms with van der Waals surface area (Å²) < 4.78 is 11.4. The topological polar surface area (TPSA) is 103 Å². The Morgan fingerprint density at radius 3 is 2.60 bits per heavy atom. The first-order valence-electron chi connectivity index (χ1n) is 9.29. The van der Waals surface area contributed by atoms with E-state index in [4.69, 9.17) is 15.2 Å². The van der Waals surface area contributed by atoms with Crippen molar-refractivity contribution >= 4 is 44.5 Å². The lowest BCUT2D eigenvalue weighted by Gasteiger charge is -2.09. The van der Waals surface area contributed by atoms with E-state index in [1.807, 2.05) is 30.5 Å². The minimum Gasteiger partial charge on any atom is -0.493 e. The van der Waals surface area contributed by atoms with E-state index in [0.717, 1.165) is 15.6 Å². The van der Waals surface area contributed by atoms with E-state index in [0.29, 0.717) is 28.5 Å². The number of Topliss-reactive ketones (excluding diaryl/α,β-unsaturated/α-hetero) is 1. The van der Waals surface area contributed by atoms with Gasteiger partial charge in [0.15, 0.2) is 17.3 Å². The number of amides is 1. The van der Waals surface area contributed by atoms with Crippen molar-refractivity contribution in [3.8, 4) is 11.5 Å². The molecule has 3 N–H and O–H groups in total. The summed E-state index contributed by atoms with van der Waals surface area (Å²) >= 11 is 1.54. The molecule has 0 saturated heterocycles. The van der Waals surface area contributed by atoms with Gasteiger partial charge in [-0.15, -0.1) is 11.3 Å². The van der Waals surface area contributed by atoms with Crippen molar-refractivity contribution in [1.82, 2.24) is 5.43 Å². The van der Waals surface area contributed by atoms with Crippen molar-refractivity contribution in [2.45, 2.75) is 19.8 Å². The fourth-order valence-corrected chi connectivity index (χ4v) is 4.05. The monoisotopic (exact) mass is 425 g/mol. The molecule has 1 amide bonds. The Kier molecular flexibility index (Phi) is 6.68. The van der Waals surface area contributed by atoms with Gasteiger partial charge in [-0.25, -0.2) is 5.43 Å². The Labute approximate surface area is 178 Å². The number of hydrogen-bond donors (Lipinski definition) is 2. The molecule has 0 spiro atoms. The van der Waals surface area contributed by atoms with Crippen molar-refractivity contribution in [2.24, 2.45) is 5.10 Å². The van der Waals surface area contributed by atoms with Crippen molar-refractivity contribution in [1.29, 1.82) is 0 Å². The lowest BCUT2D eigenvalue weighted by molar-refractivity contribution is -0.121. The number of carbonyl (C=O) groups is 2. The third kappa shape index (κ3) is 4.60. The second kappa shape index (κ2) is 9.41. The summed E-state index contributed by atoms with van der Waals surface area (Å²) in [4.78, 5) is 24.6. The van der Waals surface area contributed by atoms with E-state index in [1.165, 1.54) is 25.6 Å². The number of hydrazone groups is 1. The number of anilines is 1. The first kappa shape index (κ1) is 21.3. The zero-order valence-corrected chi connectivity index (χ0v) is 17.8. The number of nitrogens with two attached hydrogens (primary N) is 1. The number of thiophene rings is 1. The number of nitrogen functional groups attached to an aromatic ring is 1. The number of carbonyl (C=O) groups excluding carboxylic acids is 2. The second-order valence-corrected chi connectivity index (χ2v) is 7.48. The number of hydrogen-bond acceptors (Lipinski definition) is 7. The Bertz CT molecular complexity index is 1120. The largest absolute Gasteiger partial charge is 0.493 e. The predicted octanol–water partition coefficient (Wildman–Crippen LogP) is 4.00. The quantitative estimate of drug-likeness (QED) is 0.246. The minimum absolute atomic E-state index is 0.0291. The highest BCUT2D eigenvalue weighted by atomic mass is 32.1. The SMILES string of the molecule is COc1ccc(C(=O)CCC(=O)N/N=C(\C)c2csc3c(N)cccc23)cc1OC. The number of benzene rings is 2. The van der Waals surface area contributed by atoms with E-state index in [1.54, 1.807) is 18.2 Å². The molecule has 0 aliphatic heterocycles. The smallest absolute Gasteiger partial charge is 0.240 e. The van der Waals surface area contributed by atoms with Gasteiger partial charge >= 0.3 is 0 Å². The number of ketones is 1. The number of nitrogens with one attached hydrogen (secondary N) is 1. The first-order valence-corrected chi connectivity index (χ1v) is 10.2. The van der Waals surface area contributed by atoms with Gasteiger partial charge in [0, 0.05) is 40.4 Å². The number of ether oxygens (including phenoxy) is 2. The van der Waals surface area contributed by atoms with Gasteiger partial charge in [-0.1, -0.05) is 12.1 Å². The molecule has 0 unspecified atom stereocenters. The first-order chi connectivity index (χ1) is 14.4. The number of nitrogens with zero attached hydrogens (tertiary/aromatic N) is 1. The van der Waals surface area contributed by atoms with Crippen LogP contribution in [-0.4, -0.2) is 31.6 Å². The summed E-state index contributed by atoms with van der Waals surface area (Å²) in [6.07, 6.45) is 0.0924. The molecule has 0 fully saturated rings. The van der Waals surface area contributed by atoms with Gasteiger partial charge in [0.25, 0.3) is 0 Å². The maximum Gasteiger partial charge on any atom is 0.240 e. The van der Waals surface area contributed by atoms with Gasteiger partial charge in [-0.3, -0.25) is 9.59 Å². The Balaban J connectivity index is 1.60. The molecule has 156 valence electrons. The Morgan fingerprint density at radius 1 is 1.10 bits per heavy atom. The minimum atomic E-state index is -0.331. The average Bonchev–Trinajstić information content (AvgIpc) is 3.20. The molecule has 0 atom stereocenters. The molecule has 0 aliphatic carbocycles. The summed E-state index contributed by atoms with van der Waals surface area (Å²) in [6, 6.07) is 10.6. The van der Waals surface area contributed by atoms with Crippen LogP contribution in [0, 0.1) is 0 Å². The molecule has 0 radical (unpaired) electrons. The highest BCUT2D eigenvalue weighted by Gasteiger charge is 2.13. The normalized spacial score (nSPS) is 11.4. The maximum absolute atomic E-state index is 12.4. The van der Waals surface area contributed by atoms with Crippen molar-refractivity contribution in [2.75, 3.05) is 20.0 Å². The molecule has 3 aromatic rings. The van der Waals surface area contributed by atoms with Crippen molar-refractivity contribution in [3.05, 3.63) is 52.9 Å². The number of fused-ring (bicyclic) bond motifs is 1. The predicted molar refractivity (Wildman–Crippen MR) is 120 cm³/mol. The van der Waals surface area contributed by atoms with Crippen molar-refractivity contribution in [3.63, 3.8) is 0 Å². The molecular weight excluding hydrogens is 402 g/mol. The van der Waals surface area contributed by atoms with Gasteiger partial charge in [0.1, 0.15) is 0 Å². The van der Waals surface area contributed by atoms with Crippen LogP contribution in [0.3, 0.4) is 0 Å². The van der Waals surface area contributed by atoms with Crippen LogP contribution < -0.4 is 20.6 Å². The van der Waals surface area contributed by atoms with Crippen LogP contribution in [-0.2, 0) is 4.79 Å². The summed E-state index contributed by atoms with van der Waals surface area (Å²) in [7, 11) is 3.03. The summed E-state index contributed by atoms with van der Waals surface area (Å²) in [5.41, 5.74) is 11.3. The Morgan fingerprint density at radius 2 is 1.87 bits per heavy atom. The fourth-order valence-electron chi connectivity index (χ4n) is 3.00. The molecule has 1 heterocycles. The number of rotatable bonds is 8. The molecule has 7 nitrogen and oxygen atoms in total. The molecule has 1 aromatic heterocycles. The van der Waals surface area contributed by atoms with E-state index < -0.39 is 0 Å². The average molecular weight is 426 g/mol. The molecule has 30 heavy (non-hydrogen) atoms. The zero-order valence-electron chi connectivity index (χ0n) is 17.0. The van der Waals surface area contributed by atoms with E-state index in [-0.39, 0.29) is 24.5 Å². The molecule has 0 bridgehead atoms. The summed E-state index contributed by atoms with van der Waals surface area (Å²) in [6.45, 7) is 1.82. The van der Waals surface area contributed by atoms with Crippen LogP contribution in [0.4, 0.5) is 5.69 Å². The van der Waals surface area contributed by atoms with E-state index in [9.17, 15) is 9.59 Å². The van der Waals surface area contributed by atoms with Crippen molar-refractivity contribution < 1.29 is 19.1 Å². The van der Waals surface area contributed by atoms with Gasteiger partial charge in [0.2, 0.25) is 5.91 Å². The summed E-state index contributed by atoms with van der Waals surface area (Å²) in [5.74, 6) is 0.518. The fraction of sp³-hybridized carbons (Fsp3) is 0.227. The zero-order chi connectivity index (χ0) is 21.7. The van der Waals surface area contributed by atoms with Crippen LogP contribution in [0.15, 0.2) is 46.9 Å². The van der Waals surface area contributed by atoms with E-state index >= 15 is 0 Å². The van der Waals surface area contributed by atoms with Crippen LogP contribution in [0.1, 0.15) is 35.7 Å². The van der Waals surface area contributed by atoms with Gasteiger partial charge in [-0.2, -0.15) is 5.10 Å². The molecule has 2 aromatic carbocycles. The summed E-state index contributed by atoms with van der Waals surface area (Å²) in [5, 5.41) is 7.15. The van der Waals surface area contributed by atoms with Gasteiger partial charge in [-0.05, 0) is 31.2 Å². The van der Waals surface area contributed by atoms with Crippen LogP contribution in [0.25, 0.3) is 10.1 Å². The van der Waals surface area contributed by atoms with Gasteiger partial charge in [0.05, 0.1) is 24.6 Å². The van der Waals surface area contributed by atoms with Gasteiger partial charge < -0.3 is 15.2 Å². The molecular formula is C22H23N3O4S. The molecule has 8 heteroatoms. The third-order valence-electron chi connectivity index (χ3n) is 4.65. The van der Waals surface area contributed by atoms with Crippen LogP contribution >= 0.6 is 11.3 Å². The number of methoxy groups -OCH3 is 2. The lowest BCUT2D eigenvalue weighted by Crippen LogP contribution is -2.20. The third-order valence-corrected chi connectivity index (χ3v) is 5.70. The molecule has 0 saturated carbocycles.